The van der Waals surface area contributed by atoms with Crippen LogP contribution in [0.5, 0.6) is 0 Å². The molecular weight excluding hydrogens is 272 g/mol. The fourth-order valence-electron chi connectivity index (χ4n) is 2.30. The molecule has 1 heterocycles. The Morgan fingerprint density at radius 3 is 2.33 bits per heavy atom. The lowest BCUT2D eigenvalue weighted by Gasteiger charge is -2.47. The highest BCUT2D eigenvalue weighted by molar-refractivity contribution is 5.99. The van der Waals surface area contributed by atoms with Gasteiger partial charge in [-0.15, -0.1) is 0 Å². The summed E-state index contributed by atoms with van der Waals surface area (Å²) in [7, 11) is 1.61. The first-order valence-corrected chi connectivity index (χ1v) is 7.31. The number of amides is 2. The Kier molecular flexibility index (Phi) is 5.75. The van der Waals surface area contributed by atoms with Gasteiger partial charge in [0.25, 0.3) is 0 Å². The van der Waals surface area contributed by atoms with Gasteiger partial charge in [-0.2, -0.15) is 0 Å². The van der Waals surface area contributed by atoms with Crippen LogP contribution in [0.25, 0.3) is 0 Å². The fraction of sp³-hybridized carbons (Fsp3) is 0.867. The van der Waals surface area contributed by atoms with Crippen LogP contribution in [-0.2, 0) is 19.1 Å². The van der Waals surface area contributed by atoms with Crippen molar-refractivity contribution in [1.82, 2.24) is 10.2 Å². The van der Waals surface area contributed by atoms with E-state index >= 15 is 0 Å². The van der Waals surface area contributed by atoms with Gasteiger partial charge in [0.15, 0.2) is 0 Å². The minimum atomic E-state index is -0.858. The van der Waals surface area contributed by atoms with Crippen molar-refractivity contribution in [1.29, 1.82) is 0 Å². The van der Waals surface area contributed by atoms with E-state index in [1.807, 2.05) is 20.8 Å². The molecule has 0 radical (unpaired) electrons. The second-order valence-corrected chi connectivity index (χ2v) is 6.93. The smallest absolute Gasteiger partial charge is 0.246 e. The summed E-state index contributed by atoms with van der Waals surface area (Å²) in [6.45, 7) is 11.1. The fourth-order valence-corrected chi connectivity index (χ4v) is 2.30. The summed E-state index contributed by atoms with van der Waals surface area (Å²) in [5.41, 5.74) is -1.18. The van der Waals surface area contributed by atoms with E-state index < -0.39 is 11.6 Å². The van der Waals surface area contributed by atoms with Crippen LogP contribution >= 0.6 is 0 Å². The first-order valence-electron chi connectivity index (χ1n) is 7.31. The van der Waals surface area contributed by atoms with Gasteiger partial charge in [-0.1, -0.05) is 20.8 Å². The summed E-state index contributed by atoms with van der Waals surface area (Å²) in [5.74, 6) is -0.179. The van der Waals surface area contributed by atoms with Crippen LogP contribution in [0, 0.1) is 5.41 Å². The average molecular weight is 300 g/mol. The van der Waals surface area contributed by atoms with Crippen LogP contribution in [-0.4, -0.2) is 61.8 Å². The van der Waals surface area contributed by atoms with Gasteiger partial charge in [-0.25, -0.2) is 0 Å². The van der Waals surface area contributed by atoms with Crippen LogP contribution in [0.3, 0.4) is 0 Å². The van der Waals surface area contributed by atoms with Gasteiger partial charge in [0, 0.05) is 13.7 Å². The Labute approximate surface area is 127 Å². The maximum atomic E-state index is 12.7. The molecule has 1 aliphatic heterocycles. The van der Waals surface area contributed by atoms with Crippen molar-refractivity contribution in [3.63, 3.8) is 0 Å². The summed E-state index contributed by atoms with van der Waals surface area (Å²) in [4.78, 5) is 26.6. The molecule has 1 N–H and O–H groups in total. The standard InChI is InChI=1S/C15H28N2O4/c1-14(2,3)11-12(18)17(7-8-21-10-9-20-6)15(4,5)13(19)16-11/h11H,7-10H2,1-6H3,(H,16,19). The van der Waals surface area contributed by atoms with E-state index in [9.17, 15) is 9.59 Å². The minimum absolute atomic E-state index is 0.0533. The maximum absolute atomic E-state index is 12.7. The van der Waals surface area contributed by atoms with E-state index in [0.717, 1.165) is 0 Å². The quantitative estimate of drug-likeness (QED) is 0.737. The van der Waals surface area contributed by atoms with E-state index in [0.29, 0.717) is 26.4 Å². The molecule has 0 aromatic rings. The maximum Gasteiger partial charge on any atom is 0.246 e. The molecule has 21 heavy (non-hydrogen) atoms. The van der Waals surface area contributed by atoms with Gasteiger partial charge in [0.1, 0.15) is 11.6 Å². The van der Waals surface area contributed by atoms with Crippen LogP contribution in [0.4, 0.5) is 0 Å². The lowest BCUT2D eigenvalue weighted by atomic mass is 9.82. The zero-order valence-corrected chi connectivity index (χ0v) is 14.0. The Hall–Kier alpha value is -1.14. The molecule has 1 fully saturated rings. The summed E-state index contributed by atoms with van der Waals surface area (Å²) in [6.07, 6.45) is 0. The van der Waals surface area contributed by atoms with E-state index in [4.69, 9.17) is 9.47 Å². The predicted molar refractivity (Wildman–Crippen MR) is 79.9 cm³/mol. The summed E-state index contributed by atoms with van der Waals surface area (Å²) in [5, 5.41) is 2.85. The monoisotopic (exact) mass is 300 g/mol. The Morgan fingerprint density at radius 1 is 1.19 bits per heavy atom. The largest absolute Gasteiger partial charge is 0.382 e. The van der Waals surface area contributed by atoms with Crippen LogP contribution in [0.15, 0.2) is 0 Å². The van der Waals surface area contributed by atoms with Crippen molar-refractivity contribution in [2.45, 2.75) is 46.2 Å². The highest BCUT2D eigenvalue weighted by Gasteiger charge is 2.49. The molecular formula is C15H28N2O4. The number of methoxy groups -OCH3 is 1. The summed E-state index contributed by atoms with van der Waals surface area (Å²) < 4.78 is 10.3. The number of rotatable bonds is 6. The van der Waals surface area contributed by atoms with Crippen molar-refractivity contribution < 1.29 is 19.1 Å². The molecule has 0 aromatic carbocycles. The SMILES string of the molecule is COCCOCCN1C(=O)C(C(C)(C)C)NC(=O)C1(C)C. The molecule has 1 unspecified atom stereocenters. The summed E-state index contributed by atoms with van der Waals surface area (Å²) >= 11 is 0. The molecule has 122 valence electrons. The molecule has 0 saturated carbocycles. The number of piperazine rings is 1. The third-order valence-electron chi connectivity index (χ3n) is 3.78. The van der Waals surface area contributed by atoms with Crippen molar-refractivity contribution in [3.05, 3.63) is 0 Å². The summed E-state index contributed by atoms with van der Waals surface area (Å²) in [6, 6.07) is -0.503. The zero-order valence-electron chi connectivity index (χ0n) is 14.0. The molecule has 0 bridgehead atoms. The van der Waals surface area contributed by atoms with Gasteiger partial charge in [0.2, 0.25) is 11.8 Å². The van der Waals surface area contributed by atoms with Crippen LogP contribution < -0.4 is 5.32 Å². The van der Waals surface area contributed by atoms with E-state index in [-0.39, 0.29) is 17.2 Å². The van der Waals surface area contributed by atoms with Gasteiger partial charge < -0.3 is 19.7 Å². The molecule has 0 aliphatic carbocycles. The average Bonchev–Trinajstić information content (AvgIpc) is 2.36. The molecule has 1 rings (SSSR count). The second kappa shape index (κ2) is 6.75. The molecule has 0 spiro atoms. The Bertz CT molecular complexity index is 388. The normalized spacial score (nSPS) is 22.4. The predicted octanol–water partition coefficient (Wildman–Crippen LogP) is 0.801. The molecule has 1 atom stereocenters. The second-order valence-electron chi connectivity index (χ2n) is 6.93. The lowest BCUT2D eigenvalue weighted by Crippen LogP contribution is -2.71. The van der Waals surface area contributed by atoms with Crippen LogP contribution in [0.2, 0.25) is 0 Å². The van der Waals surface area contributed by atoms with Gasteiger partial charge in [-0.3, -0.25) is 9.59 Å². The number of nitrogens with zero attached hydrogens (tertiary/aromatic N) is 1. The van der Waals surface area contributed by atoms with Crippen LogP contribution in [0.1, 0.15) is 34.6 Å². The van der Waals surface area contributed by atoms with Gasteiger partial charge >= 0.3 is 0 Å². The first kappa shape index (κ1) is 17.9. The van der Waals surface area contributed by atoms with E-state index in [1.165, 1.54) is 0 Å². The van der Waals surface area contributed by atoms with Crippen molar-refractivity contribution >= 4 is 11.8 Å². The number of hydrogen-bond donors (Lipinski definition) is 1. The highest BCUT2D eigenvalue weighted by Crippen LogP contribution is 2.29. The topological polar surface area (TPSA) is 67.9 Å². The first-order chi connectivity index (χ1) is 9.62. The molecule has 0 aromatic heterocycles. The third-order valence-corrected chi connectivity index (χ3v) is 3.78. The molecule has 6 nitrogen and oxygen atoms in total. The number of carbonyl (C=O) groups excluding carboxylic acids is 2. The van der Waals surface area contributed by atoms with Gasteiger partial charge in [-0.05, 0) is 19.3 Å². The Balaban J connectivity index is 2.76. The van der Waals surface area contributed by atoms with Crippen molar-refractivity contribution in [2.24, 2.45) is 5.41 Å². The lowest BCUT2D eigenvalue weighted by molar-refractivity contribution is -0.159. The molecule has 1 saturated heterocycles. The zero-order chi connectivity index (χ0) is 16.3. The number of ether oxygens (including phenoxy) is 2. The minimum Gasteiger partial charge on any atom is -0.382 e. The van der Waals surface area contributed by atoms with Gasteiger partial charge in [0.05, 0.1) is 19.8 Å². The number of hydrogen-bond acceptors (Lipinski definition) is 4. The molecule has 1 aliphatic rings. The number of carbonyl (C=O) groups is 2. The molecule has 2 amide bonds. The molecule has 6 heteroatoms. The van der Waals surface area contributed by atoms with Crippen molar-refractivity contribution in [3.8, 4) is 0 Å². The van der Waals surface area contributed by atoms with E-state index in [2.05, 4.69) is 5.32 Å². The van der Waals surface area contributed by atoms with E-state index in [1.54, 1.807) is 25.9 Å². The third kappa shape index (κ3) is 4.17. The Morgan fingerprint density at radius 2 is 1.81 bits per heavy atom. The number of nitrogens with one attached hydrogen (secondary N) is 1. The van der Waals surface area contributed by atoms with Crippen molar-refractivity contribution in [2.75, 3.05) is 33.5 Å². The highest BCUT2D eigenvalue weighted by atomic mass is 16.5.